The smallest absolute Gasteiger partial charge is 0.281 e. The second-order valence-electron chi connectivity index (χ2n) is 15.3. The van der Waals surface area contributed by atoms with Gasteiger partial charge in [0.25, 0.3) is 7.52 Å². The van der Waals surface area contributed by atoms with Gasteiger partial charge in [0.2, 0.25) is 0 Å². The van der Waals surface area contributed by atoms with E-state index in [1.807, 2.05) is 99.1 Å². The molecule has 2 fully saturated rings. The molecule has 0 radical (unpaired) electrons. The number of nitriles is 1. The van der Waals surface area contributed by atoms with Crippen LogP contribution in [0.5, 0.6) is 11.5 Å². The van der Waals surface area contributed by atoms with Crippen molar-refractivity contribution < 1.29 is 32.8 Å². The Kier molecular flexibility index (Phi) is 12.3. The minimum absolute atomic E-state index is 0.0111. The predicted molar refractivity (Wildman–Crippen MR) is 215 cm³/mol. The van der Waals surface area contributed by atoms with Gasteiger partial charge >= 0.3 is 0 Å². The summed E-state index contributed by atoms with van der Waals surface area (Å²) in [5.41, 5.74) is 3.91. The fourth-order valence-corrected chi connectivity index (χ4v) is 12.3. The lowest BCUT2D eigenvalue weighted by molar-refractivity contribution is -0.179. The quantitative estimate of drug-likeness (QED) is 0.0628. The molecule has 0 N–H and O–H groups in total. The predicted octanol–water partition coefficient (Wildman–Crippen LogP) is 9.46. The number of benzene rings is 4. The van der Waals surface area contributed by atoms with Gasteiger partial charge in [0.1, 0.15) is 40.6 Å². The lowest BCUT2D eigenvalue weighted by Crippen LogP contribution is -2.51. The Balaban J connectivity index is 1.57. The van der Waals surface area contributed by atoms with Crippen LogP contribution in [0.25, 0.3) is 0 Å². The van der Waals surface area contributed by atoms with E-state index in [1.165, 1.54) is 5.56 Å². The van der Waals surface area contributed by atoms with Crippen LogP contribution in [0.4, 0.5) is 0 Å². The first kappa shape index (κ1) is 40.7. The van der Waals surface area contributed by atoms with Gasteiger partial charge in [-0.3, -0.25) is 4.57 Å². The summed E-state index contributed by atoms with van der Waals surface area (Å²) < 4.78 is 57.4. The Labute approximate surface area is 327 Å². The summed E-state index contributed by atoms with van der Waals surface area (Å²) in [5.74, 6) is 1.43. The number of fused-ring (bicyclic) bond motifs is 2. The van der Waals surface area contributed by atoms with Crippen molar-refractivity contribution in [2.75, 3.05) is 34.0 Å². The van der Waals surface area contributed by atoms with Crippen molar-refractivity contribution in [3.8, 4) is 17.6 Å². The van der Waals surface area contributed by atoms with Crippen LogP contribution in [0.15, 0.2) is 91.0 Å². The van der Waals surface area contributed by atoms with Gasteiger partial charge < -0.3 is 28.2 Å². The lowest BCUT2D eigenvalue weighted by atomic mass is 9.79. The van der Waals surface area contributed by atoms with Gasteiger partial charge in [-0.2, -0.15) is 5.26 Å². The third-order valence-electron chi connectivity index (χ3n) is 11.1. The largest absolute Gasteiger partial charge is 0.497 e. The first-order valence-electron chi connectivity index (χ1n) is 19.1. The van der Waals surface area contributed by atoms with Crippen molar-refractivity contribution in [2.45, 2.75) is 96.0 Å². The molecule has 4 aromatic rings. The molecule has 5 atom stereocenters. The molecular weight excluding hydrogens is 711 g/mol. The van der Waals surface area contributed by atoms with E-state index < -0.39 is 36.6 Å². The molecule has 10 heteroatoms. The standard InChI is InChI=1S/C45H55N2O7P/c1-30(2)47(31(3)4)55(48,53-25-13-24-46)43-42-41(40-27-33(6)32(5)26-34(40)7)54-44(43,28-51-42)29-52-45(35-14-11-10-12-15-35,36-16-20-38(49-8)21-17-36)37-18-22-39(50-9)23-19-37/h10-12,14-23,26-27,30-31,41-43H,13,25,28-29H2,1-9H3/t41-,42+,43-,44+,55?/m0/s1. The molecule has 2 bridgehead atoms. The van der Waals surface area contributed by atoms with E-state index in [2.05, 4.69) is 51.1 Å². The van der Waals surface area contributed by atoms with Crippen molar-refractivity contribution in [2.24, 2.45) is 0 Å². The fourth-order valence-electron chi connectivity index (χ4n) is 8.62. The van der Waals surface area contributed by atoms with E-state index in [1.54, 1.807) is 14.2 Å². The monoisotopic (exact) mass is 766 g/mol. The molecule has 0 spiro atoms. The maximum absolute atomic E-state index is 16.1. The number of hydrogen-bond donors (Lipinski definition) is 0. The summed E-state index contributed by atoms with van der Waals surface area (Å²) in [6.07, 6.45) is -1.04. The van der Waals surface area contributed by atoms with Crippen molar-refractivity contribution in [3.05, 3.63) is 130 Å². The van der Waals surface area contributed by atoms with Gasteiger partial charge in [-0.1, -0.05) is 66.7 Å². The number of ether oxygens (including phenoxy) is 5. The van der Waals surface area contributed by atoms with Crippen LogP contribution in [0.3, 0.4) is 0 Å². The summed E-state index contributed by atoms with van der Waals surface area (Å²) in [6.45, 7) is 14.6. The molecule has 2 aliphatic rings. The van der Waals surface area contributed by atoms with Crippen LogP contribution in [-0.4, -0.2) is 68.2 Å². The van der Waals surface area contributed by atoms with Crippen molar-refractivity contribution in [1.29, 1.82) is 5.26 Å². The number of aryl methyl sites for hydroxylation is 3. The van der Waals surface area contributed by atoms with Crippen LogP contribution in [-0.2, 0) is 28.9 Å². The SMILES string of the molecule is COc1ccc(C(OC[C@@]23CO[C@H]([C@H](c4cc(C)c(C)cc4C)O2)[C@@H]3P(=O)(OCCC#N)N(C(C)C)C(C)C)(c2ccccc2)c2ccc(OC)cc2)cc1. The topological polar surface area (TPSA) is 99.5 Å². The highest BCUT2D eigenvalue weighted by Gasteiger charge is 2.70. The van der Waals surface area contributed by atoms with Crippen LogP contribution in [0.1, 0.15) is 79.2 Å². The summed E-state index contributed by atoms with van der Waals surface area (Å²) >= 11 is 0. The van der Waals surface area contributed by atoms with Gasteiger partial charge in [0.15, 0.2) is 0 Å². The van der Waals surface area contributed by atoms with Crippen LogP contribution < -0.4 is 9.47 Å². The fraction of sp³-hybridized carbons (Fsp3) is 0.444. The number of hydrogen-bond acceptors (Lipinski definition) is 8. The Hall–Kier alpha value is -4.00. The molecule has 0 aliphatic carbocycles. The molecule has 292 valence electrons. The Morgan fingerprint density at radius 1 is 0.836 bits per heavy atom. The number of methoxy groups -OCH3 is 2. The molecule has 4 aromatic carbocycles. The molecule has 2 heterocycles. The molecule has 1 unspecified atom stereocenters. The Bertz CT molecular complexity index is 1960. The second kappa shape index (κ2) is 16.6. The maximum Gasteiger partial charge on any atom is 0.281 e. The summed E-state index contributed by atoms with van der Waals surface area (Å²) in [6, 6.07) is 32.1. The van der Waals surface area contributed by atoms with E-state index in [0.29, 0.717) is 0 Å². The molecule has 55 heavy (non-hydrogen) atoms. The van der Waals surface area contributed by atoms with E-state index in [9.17, 15) is 5.26 Å². The highest BCUT2D eigenvalue weighted by molar-refractivity contribution is 7.57. The van der Waals surface area contributed by atoms with Gasteiger partial charge in [-0.05, 0) is 112 Å². The summed E-state index contributed by atoms with van der Waals surface area (Å²) in [5, 5.41) is 9.57. The Morgan fingerprint density at radius 2 is 1.38 bits per heavy atom. The van der Waals surface area contributed by atoms with E-state index in [4.69, 9.17) is 28.2 Å². The van der Waals surface area contributed by atoms with E-state index >= 15 is 4.57 Å². The minimum atomic E-state index is -3.83. The summed E-state index contributed by atoms with van der Waals surface area (Å²) in [4.78, 5) is 0. The lowest BCUT2D eigenvalue weighted by Gasteiger charge is -2.44. The molecule has 2 aliphatic heterocycles. The van der Waals surface area contributed by atoms with Gasteiger partial charge in [0, 0.05) is 12.1 Å². The first-order valence-corrected chi connectivity index (χ1v) is 20.8. The number of rotatable bonds is 16. The maximum atomic E-state index is 16.1. The number of nitrogens with zero attached hydrogens (tertiary/aromatic N) is 2. The average molecular weight is 767 g/mol. The highest BCUT2D eigenvalue weighted by atomic mass is 31.2. The van der Waals surface area contributed by atoms with Crippen molar-refractivity contribution in [1.82, 2.24) is 4.67 Å². The van der Waals surface area contributed by atoms with Crippen molar-refractivity contribution in [3.63, 3.8) is 0 Å². The summed E-state index contributed by atoms with van der Waals surface area (Å²) in [7, 11) is -0.533. The van der Waals surface area contributed by atoms with Crippen LogP contribution >= 0.6 is 7.52 Å². The van der Waals surface area contributed by atoms with Gasteiger partial charge in [-0.25, -0.2) is 4.67 Å². The minimum Gasteiger partial charge on any atom is -0.497 e. The second-order valence-corrected chi connectivity index (χ2v) is 17.7. The third kappa shape index (κ3) is 7.49. The molecule has 6 rings (SSSR count). The zero-order valence-electron chi connectivity index (χ0n) is 33.6. The van der Waals surface area contributed by atoms with Crippen molar-refractivity contribution >= 4 is 7.52 Å². The first-order chi connectivity index (χ1) is 26.3. The zero-order chi connectivity index (χ0) is 39.5. The van der Waals surface area contributed by atoms with Crippen LogP contribution in [0, 0.1) is 32.1 Å². The molecule has 2 saturated heterocycles. The van der Waals surface area contributed by atoms with Gasteiger partial charge in [-0.15, -0.1) is 0 Å². The highest BCUT2D eigenvalue weighted by Crippen LogP contribution is 2.69. The normalized spacial score (nSPS) is 21.9. The van der Waals surface area contributed by atoms with E-state index in [0.717, 1.165) is 44.9 Å². The molecule has 0 saturated carbocycles. The zero-order valence-corrected chi connectivity index (χ0v) is 34.5. The molecule has 9 nitrogen and oxygen atoms in total. The van der Waals surface area contributed by atoms with Crippen LogP contribution in [0.2, 0.25) is 0 Å². The third-order valence-corrected chi connectivity index (χ3v) is 14.7. The van der Waals surface area contributed by atoms with Gasteiger partial charge in [0.05, 0.1) is 46.5 Å². The molecule has 0 aromatic heterocycles. The average Bonchev–Trinajstić information content (AvgIpc) is 3.72. The Morgan fingerprint density at radius 3 is 1.91 bits per heavy atom. The molecular formula is C45H55N2O7P. The molecule has 0 amide bonds. The van der Waals surface area contributed by atoms with E-state index in [-0.39, 0.29) is 38.3 Å².